The van der Waals surface area contributed by atoms with Gasteiger partial charge in [0.15, 0.2) is 6.61 Å². The number of halogens is 1. The predicted molar refractivity (Wildman–Crippen MR) is 124 cm³/mol. The summed E-state index contributed by atoms with van der Waals surface area (Å²) in [5.74, 6) is -0.0585. The molecule has 2 aromatic carbocycles. The predicted octanol–water partition coefficient (Wildman–Crippen LogP) is 3.13. The Balaban J connectivity index is 1.55. The van der Waals surface area contributed by atoms with E-state index in [0.717, 1.165) is 5.56 Å². The summed E-state index contributed by atoms with van der Waals surface area (Å²) >= 11 is 6.21. The molecule has 1 aliphatic heterocycles. The van der Waals surface area contributed by atoms with Crippen LogP contribution in [0.5, 0.6) is 5.75 Å². The van der Waals surface area contributed by atoms with Crippen molar-refractivity contribution >= 4 is 39.3 Å². The summed E-state index contributed by atoms with van der Waals surface area (Å²) in [6.45, 7) is 5.19. The molecule has 2 aromatic rings. The van der Waals surface area contributed by atoms with Crippen LogP contribution in [0.4, 0.5) is 10.5 Å². The summed E-state index contributed by atoms with van der Waals surface area (Å²) in [4.78, 5) is 27.3. The molecule has 0 saturated carbocycles. The lowest BCUT2D eigenvalue weighted by molar-refractivity contribution is -0.134. The van der Waals surface area contributed by atoms with Gasteiger partial charge >= 0.3 is 6.09 Å². The maximum Gasteiger partial charge on any atom is 0.409 e. The van der Waals surface area contributed by atoms with E-state index in [1.165, 1.54) is 18.2 Å². The van der Waals surface area contributed by atoms with Gasteiger partial charge in [0.05, 0.1) is 16.5 Å². The number of anilines is 1. The van der Waals surface area contributed by atoms with Gasteiger partial charge in [0, 0.05) is 31.9 Å². The van der Waals surface area contributed by atoms with E-state index in [1.807, 2.05) is 6.92 Å². The lowest BCUT2D eigenvalue weighted by Gasteiger charge is -2.34. The zero-order valence-corrected chi connectivity index (χ0v) is 20.0. The summed E-state index contributed by atoms with van der Waals surface area (Å²) in [6, 6.07) is 11.0. The van der Waals surface area contributed by atoms with Gasteiger partial charge in [-0.3, -0.25) is 9.52 Å². The number of carbonyl (C=O) groups is 2. The van der Waals surface area contributed by atoms with Crippen molar-refractivity contribution < 1.29 is 27.5 Å². The highest BCUT2D eigenvalue weighted by molar-refractivity contribution is 7.92. The van der Waals surface area contributed by atoms with Crippen LogP contribution in [0.3, 0.4) is 0 Å². The van der Waals surface area contributed by atoms with Crippen LogP contribution in [0.2, 0.25) is 5.02 Å². The quantitative estimate of drug-likeness (QED) is 0.632. The number of piperazine rings is 1. The highest BCUT2D eigenvalue weighted by Crippen LogP contribution is 2.28. The van der Waals surface area contributed by atoms with Gasteiger partial charge in [-0.1, -0.05) is 29.3 Å². The molecule has 1 saturated heterocycles. The average molecular weight is 496 g/mol. The van der Waals surface area contributed by atoms with E-state index in [1.54, 1.807) is 41.0 Å². The fourth-order valence-electron chi connectivity index (χ4n) is 3.19. The molecule has 1 N–H and O–H groups in total. The van der Waals surface area contributed by atoms with E-state index in [0.29, 0.717) is 38.5 Å². The first-order chi connectivity index (χ1) is 15.7. The Kier molecular flexibility index (Phi) is 8.04. The smallest absolute Gasteiger partial charge is 0.409 e. The molecule has 9 nitrogen and oxygen atoms in total. The third kappa shape index (κ3) is 6.52. The molecule has 3 rings (SSSR count). The number of hydrogen-bond donors (Lipinski definition) is 1. The lowest BCUT2D eigenvalue weighted by Crippen LogP contribution is -2.51. The van der Waals surface area contributed by atoms with Crippen molar-refractivity contribution in [1.29, 1.82) is 0 Å². The summed E-state index contributed by atoms with van der Waals surface area (Å²) < 4.78 is 38.2. The molecule has 1 heterocycles. The van der Waals surface area contributed by atoms with Crippen molar-refractivity contribution in [1.82, 2.24) is 9.80 Å². The van der Waals surface area contributed by atoms with Crippen molar-refractivity contribution in [2.24, 2.45) is 0 Å². The number of aryl methyl sites for hydroxylation is 1. The van der Waals surface area contributed by atoms with Crippen molar-refractivity contribution in [2.45, 2.75) is 18.7 Å². The van der Waals surface area contributed by atoms with Gasteiger partial charge in [0.2, 0.25) is 0 Å². The van der Waals surface area contributed by atoms with E-state index in [4.69, 9.17) is 21.1 Å². The summed E-state index contributed by atoms with van der Waals surface area (Å²) in [5, 5.41) is 0.0710. The third-order valence-corrected chi connectivity index (χ3v) is 6.70. The number of nitrogens with one attached hydrogen (secondary N) is 1. The highest BCUT2D eigenvalue weighted by Gasteiger charge is 2.25. The minimum atomic E-state index is -3.84. The maximum absolute atomic E-state index is 12.6. The second kappa shape index (κ2) is 10.8. The number of ether oxygens (including phenoxy) is 2. The normalized spacial score (nSPS) is 14.0. The third-order valence-electron chi connectivity index (χ3n) is 5.03. The largest absolute Gasteiger partial charge is 0.482 e. The van der Waals surface area contributed by atoms with Crippen LogP contribution in [0.15, 0.2) is 47.4 Å². The van der Waals surface area contributed by atoms with Gasteiger partial charge in [-0.15, -0.1) is 0 Å². The van der Waals surface area contributed by atoms with Gasteiger partial charge in [-0.25, -0.2) is 13.2 Å². The molecule has 0 spiro atoms. The summed E-state index contributed by atoms with van der Waals surface area (Å²) in [7, 11) is -3.84. The van der Waals surface area contributed by atoms with Gasteiger partial charge in [-0.05, 0) is 44.2 Å². The second-order valence-electron chi connectivity index (χ2n) is 7.42. The van der Waals surface area contributed by atoms with Crippen molar-refractivity contribution in [3.63, 3.8) is 0 Å². The van der Waals surface area contributed by atoms with Gasteiger partial charge in [-0.2, -0.15) is 0 Å². The Morgan fingerprint density at radius 3 is 2.27 bits per heavy atom. The number of hydrogen-bond acceptors (Lipinski definition) is 6. The van der Waals surface area contributed by atoms with Crippen LogP contribution in [-0.2, 0) is 19.6 Å². The van der Waals surface area contributed by atoms with E-state index in [9.17, 15) is 18.0 Å². The molecular formula is C22H26ClN3O6S. The molecule has 1 fully saturated rings. The number of nitrogens with zero attached hydrogens (tertiary/aromatic N) is 2. The molecule has 0 radical (unpaired) electrons. The zero-order valence-electron chi connectivity index (χ0n) is 18.4. The Morgan fingerprint density at radius 2 is 1.67 bits per heavy atom. The van der Waals surface area contributed by atoms with Gasteiger partial charge in [0.1, 0.15) is 5.75 Å². The van der Waals surface area contributed by atoms with Crippen LogP contribution >= 0.6 is 11.6 Å². The number of amides is 2. The van der Waals surface area contributed by atoms with E-state index < -0.39 is 10.0 Å². The molecule has 0 aliphatic carbocycles. The standard InChI is InChI=1S/C22H26ClN3O6S/c1-3-31-22(28)26-12-10-25(11-13-26)21(27)15-32-20-9-8-18(14-19(20)23)33(29,30)24-17-6-4-16(2)5-7-17/h4-9,14,24H,3,10-13,15H2,1-2H3. The topological polar surface area (TPSA) is 105 Å². The molecule has 0 bridgehead atoms. The Bertz CT molecular complexity index is 1100. The summed E-state index contributed by atoms with van der Waals surface area (Å²) in [6.07, 6.45) is -0.389. The van der Waals surface area contributed by atoms with Crippen LogP contribution < -0.4 is 9.46 Å². The molecule has 0 unspecified atom stereocenters. The molecule has 2 amide bonds. The van der Waals surface area contributed by atoms with E-state index in [-0.39, 0.29) is 34.3 Å². The lowest BCUT2D eigenvalue weighted by atomic mass is 10.2. The van der Waals surface area contributed by atoms with Crippen LogP contribution in [0.25, 0.3) is 0 Å². The van der Waals surface area contributed by atoms with Crippen molar-refractivity contribution in [3.8, 4) is 5.75 Å². The monoisotopic (exact) mass is 495 g/mol. The fourth-order valence-corrected chi connectivity index (χ4v) is 4.57. The fraction of sp³-hybridized carbons (Fsp3) is 0.364. The SMILES string of the molecule is CCOC(=O)N1CCN(C(=O)COc2ccc(S(=O)(=O)Nc3ccc(C)cc3)cc2Cl)CC1. The minimum absolute atomic E-state index is 0.0261. The van der Waals surface area contributed by atoms with Crippen LogP contribution in [0.1, 0.15) is 12.5 Å². The number of rotatable bonds is 7. The first-order valence-electron chi connectivity index (χ1n) is 10.4. The first kappa shape index (κ1) is 24.7. The molecule has 0 aromatic heterocycles. The van der Waals surface area contributed by atoms with E-state index >= 15 is 0 Å². The molecule has 178 valence electrons. The van der Waals surface area contributed by atoms with Crippen molar-refractivity contribution in [3.05, 3.63) is 53.1 Å². The number of sulfonamides is 1. The molecule has 0 atom stereocenters. The molecule has 11 heteroatoms. The maximum atomic E-state index is 12.6. The van der Waals surface area contributed by atoms with E-state index in [2.05, 4.69) is 4.72 Å². The average Bonchev–Trinajstić information content (AvgIpc) is 2.79. The van der Waals surface area contributed by atoms with Crippen LogP contribution in [0, 0.1) is 6.92 Å². The molecule has 1 aliphatic rings. The highest BCUT2D eigenvalue weighted by atomic mass is 35.5. The molecule has 33 heavy (non-hydrogen) atoms. The number of benzene rings is 2. The first-order valence-corrected chi connectivity index (χ1v) is 12.3. The second-order valence-corrected chi connectivity index (χ2v) is 9.51. The zero-order chi connectivity index (χ0) is 24.0. The van der Waals surface area contributed by atoms with Gasteiger partial charge < -0.3 is 19.3 Å². The number of carbonyl (C=O) groups excluding carboxylic acids is 2. The van der Waals surface area contributed by atoms with Crippen molar-refractivity contribution in [2.75, 3.05) is 44.1 Å². The Labute approximate surface area is 198 Å². The molecular weight excluding hydrogens is 470 g/mol. The summed E-state index contributed by atoms with van der Waals surface area (Å²) in [5.41, 5.74) is 1.45. The minimum Gasteiger partial charge on any atom is -0.482 e. The Hall–Kier alpha value is -2.98. The van der Waals surface area contributed by atoms with Crippen LogP contribution in [-0.4, -0.2) is 69.6 Å². The van der Waals surface area contributed by atoms with Gasteiger partial charge in [0.25, 0.3) is 15.9 Å². The Morgan fingerprint density at radius 1 is 1.03 bits per heavy atom.